The summed E-state index contributed by atoms with van der Waals surface area (Å²) in [6.45, 7) is 7.78. The minimum absolute atomic E-state index is 0.108. The molecule has 3 nitrogen and oxygen atoms in total. The predicted octanol–water partition coefficient (Wildman–Crippen LogP) is 2.74. The molecule has 1 aromatic rings. The van der Waals surface area contributed by atoms with Crippen LogP contribution in [0.1, 0.15) is 44.4 Å². The lowest BCUT2D eigenvalue weighted by molar-refractivity contribution is 0.126. The molecule has 0 bridgehead atoms. The molecule has 0 heterocycles. The summed E-state index contributed by atoms with van der Waals surface area (Å²) >= 11 is 0. The van der Waals surface area contributed by atoms with Gasteiger partial charge in [-0.2, -0.15) is 0 Å². The zero-order valence-corrected chi connectivity index (χ0v) is 12.5. The fraction of sp³-hybridized carbons (Fsp3) is 0.625. The van der Waals surface area contributed by atoms with E-state index in [1.54, 1.807) is 7.11 Å². The Kier molecular flexibility index (Phi) is 4.48. The van der Waals surface area contributed by atoms with E-state index >= 15 is 0 Å². The van der Waals surface area contributed by atoms with Gasteiger partial charge in [0.25, 0.3) is 0 Å². The molecular weight excluding hydrogens is 236 g/mol. The van der Waals surface area contributed by atoms with E-state index in [0.29, 0.717) is 12.1 Å². The van der Waals surface area contributed by atoms with Gasteiger partial charge >= 0.3 is 0 Å². The third-order valence-corrected chi connectivity index (χ3v) is 4.29. The first-order valence-corrected chi connectivity index (χ1v) is 7.26. The maximum atomic E-state index is 6.51. The first kappa shape index (κ1) is 14.4. The molecule has 0 fully saturated rings. The van der Waals surface area contributed by atoms with Crippen LogP contribution in [0.3, 0.4) is 0 Å². The number of nitrogens with two attached hydrogens (primary N) is 1. The Morgan fingerprint density at radius 1 is 1.42 bits per heavy atom. The average Bonchev–Trinajstić information content (AvgIpc) is 2.41. The van der Waals surface area contributed by atoms with Gasteiger partial charge in [-0.1, -0.05) is 13.0 Å². The van der Waals surface area contributed by atoms with Crippen LogP contribution in [0.2, 0.25) is 0 Å². The lowest BCUT2D eigenvalue weighted by Crippen LogP contribution is -2.48. The molecule has 2 N–H and O–H groups in total. The van der Waals surface area contributed by atoms with Gasteiger partial charge in [0, 0.05) is 18.1 Å². The van der Waals surface area contributed by atoms with Crippen molar-refractivity contribution >= 4 is 0 Å². The van der Waals surface area contributed by atoms with Crippen LogP contribution < -0.4 is 10.5 Å². The smallest absolute Gasteiger partial charge is 0.119 e. The van der Waals surface area contributed by atoms with E-state index in [1.165, 1.54) is 11.1 Å². The molecule has 0 aromatic heterocycles. The minimum Gasteiger partial charge on any atom is -0.497 e. The lowest BCUT2D eigenvalue weighted by Gasteiger charge is -2.41. The molecule has 0 saturated heterocycles. The monoisotopic (exact) mass is 262 g/mol. The summed E-state index contributed by atoms with van der Waals surface area (Å²) in [4.78, 5) is 2.51. The maximum absolute atomic E-state index is 6.51. The van der Waals surface area contributed by atoms with Gasteiger partial charge < -0.3 is 10.5 Å². The van der Waals surface area contributed by atoms with Gasteiger partial charge in [0.15, 0.2) is 0 Å². The van der Waals surface area contributed by atoms with E-state index in [2.05, 4.69) is 37.8 Å². The number of fused-ring (bicyclic) bond motifs is 1. The summed E-state index contributed by atoms with van der Waals surface area (Å²) in [6, 6.07) is 7.40. The molecule has 19 heavy (non-hydrogen) atoms. The molecule has 0 saturated carbocycles. The number of benzene rings is 1. The summed E-state index contributed by atoms with van der Waals surface area (Å²) in [5, 5.41) is 0. The van der Waals surface area contributed by atoms with Crippen LogP contribution >= 0.6 is 0 Å². The first-order valence-electron chi connectivity index (χ1n) is 7.26. The van der Waals surface area contributed by atoms with E-state index in [9.17, 15) is 0 Å². The molecule has 106 valence electrons. The van der Waals surface area contributed by atoms with Gasteiger partial charge in [0.1, 0.15) is 5.75 Å². The van der Waals surface area contributed by atoms with Crippen LogP contribution in [0.5, 0.6) is 5.75 Å². The Hall–Kier alpha value is -1.06. The molecule has 1 aliphatic rings. The van der Waals surface area contributed by atoms with Crippen LogP contribution in [0.4, 0.5) is 0 Å². The second kappa shape index (κ2) is 5.93. The van der Waals surface area contributed by atoms with Crippen molar-refractivity contribution in [3.8, 4) is 5.75 Å². The van der Waals surface area contributed by atoms with Crippen molar-refractivity contribution in [1.29, 1.82) is 0 Å². The van der Waals surface area contributed by atoms with E-state index in [-0.39, 0.29) is 6.04 Å². The standard InChI is InChI=1S/C16H26N2O/c1-5-18(11(2)3)15-9-6-12-10-13(19-4)7-8-14(12)16(15)17/h7-8,10-11,15-16H,5-6,9,17H2,1-4H3. The SMILES string of the molecule is CCN(C(C)C)C1CCc2cc(OC)ccc2C1N. The number of nitrogens with zero attached hydrogens (tertiary/aromatic N) is 1. The Morgan fingerprint density at radius 3 is 2.74 bits per heavy atom. The molecular formula is C16H26N2O. The summed E-state index contributed by atoms with van der Waals surface area (Å²) in [6.07, 6.45) is 2.22. The third-order valence-electron chi connectivity index (χ3n) is 4.29. The zero-order valence-electron chi connectivity index (χ0n) is 12.5. The molecule has 1 aliphatic carbocycles. The molecule has 2 rings (SSSR count). The Labute approximate surface area is 116 Å². The molecule has 0 spiro atoms. The van der Waals surface area contributed by atoms with Crippen LogP contribution in [0.25, 0.3) is 0 Å². The fourth-order valence-electron chi connectivity index (χ4n) is 3.30. The number of rotatable bonds is 4. The largest absolute Gasteiger partial charge is 0.497 e. The second-order valence-corrected chi connectivity index (χ2v) is 5.62. The second-order valence-electron chi connectivity index (χ2n) is 5.62. The lowest BCUT2D eigenvalue weighted by atomic mass is 9.83. The zero-order chi connectivity index (χ0) is 14.0. The summed E-state index contributed by atoms with van der Waals surface area (Å²) in [7, 11) is 1.71. The van der Waals surface area contributed by atoms with Gasteiger partial charge in [-0.15, -0.1) is 0 Å². The maximum Gasteiger partial charge on any atom is 0.119 e. The molecule has 2 unspecified atom stereocenters. The van der Waals surface area contributed by atoms with Gasteiger partial charge in [-0.05, 0) is 56.5 Å². The predicted molar refractivity (Wildman–Crippen MR) is 79.5 cm³/mol. The van der Waals surface area contributed by atoms with Crippen molar-refractivity contribution in [2.45, 2.75) is 51.7 Å². The molecule has 3 heteroatoms. The number of hydrogen-bond donors (Lipinski definition) is 1. The minimum atomic E-state index is 0.108. The molecule has 2 atom stereocenters. The van der Waals surface area contributed by atoms with Crippen LogP contribution in [-0.4, -0.2) is 30.6 Å². The first-order chi connectivity index (χ1) is 9.08. The molecule has 0 radical (unpaired) electrons. The van der Waals surface area contributed by atoms with E-state index in [4.69, 9.17) is 10.5 Å². The fourth-order valence-corrected chi connectivity index (χ4v) is 3.30. The van der Waals surface area contributed by atoms with Crippen LogP contribution in [0, 0.1) is 0 Å². The Balaban J connectivity index is 2.26. The normalized spacial score (nSPS) is 22.7. The van der Waals surface area contributed by atoms with Crippen molar-refractivity contribution in [2.24, 2.45) is 5.73 Å². The number of hydrogen-bond acceptors (Lipinski definition) is 3. The van der Waals surface area contributed by atoms with Gasteiger partial charge in [0.05, 0.1) is 7.11 Å². The number of ether oxygens (including phenoxy) is 1. The average molecular weight is 262 g/mol. The summed E-state index contributed by atoms with van der Waals surface area (Å²) < 4.78 is 5.30. The number of methoxy groups -OCH3 is 1. The topological polar surface area (TPSA) is 38.5 Å². The van der Waals surface area contributed by atoms with Crippen molar-refractivity contribution in [1.82, 2.24) is 4.90 Å². The Bertz CT molecular complexity index is 431. The molecule has 1 aromatic carbocycles. The molecule has 0 aliphatic heterocycles. The quantitative estimate of drug-likeness (QED) is 0.906. The third kappa shape index (κ3) is 2.77. The molecule has 0 amide bonds. The summed E-state index contributed by atoms with van der Waals surface area (Å²) in [5.41, 5.74) is 9.15. The Morgan fingerprint density at radius 2 is 2.16 bits per heavy atom. The van der Waals surface area contributed by atoms with Crippen molar-refractivity contribution in [2.75, 3.05) is 13.7 Å². The van der Waals surface area contributed by atoms with Crippen LogP contribution in [0.15, 0.2) is 18.2 Å². The van der Waals surface area contributed by atoms with E-state index in [1.807, 2.05) is 6.07 Å². The van der Waals surface area contributed by atoms with Gasteiger partial charge in [-0.25, -0.2) is 0 Å². The van der Waals surface area contributed by atoms with Crippen LogP contribution in [-0.2, 0) is 6.42 Å². The number of aryl methyl sites for hydroxylation is 1. The van der Waals surface area contributed by atoms with E-state index in [0.717, 1.165) is 25.1 Å². The van der Waals surface area contributed by atoms with Crippen molar-refractivity contribution < 1.29 is 4.74 Å². The van der Waals surface area contributed by atoms with Crippen molar-refractivity contribution in [3.63, 3.8) is 0 Å². The number of likely N-dealkylation sites (N-methyl/N-ethyl adjacent to an activating group) is 1. The highest BCUT2D eigenvalue weighted by Gasteiger charge is 2.31. The summed E-state index contributed by atoms with van der Waals surface area (Å²) in [5.74, 6) is 0.931. The van der Waals surface area contributed by atoms with Gasteiger partial charge in [0.2, 0.25) is 0 Å². The highest BCUT2D eigenvalue weighted by Crippen LogP contribution is 2.34. The van der Waals surface area contributed by atoms with E-state index < -0.39 is 0 Å². The van der Waals surface area contributed by atoms with Gasteiger partial charge in [-0.3, -0.25) is 4.90 Å². The van der Waals surface area contributed by atoms with Crippen molar-refractivity contribution in [3.05, 3.63) is 29.3 Å². The highest BCUT2D eigenvalue weighted by atomic mass is 16.5. The highest BCUT2D eigenvalue weighted by molar-refractivity contribution is 5.40.